The Kier molecular flexibility index (Phi) is 5.59. The third kappa shape index (κ3) is 3.87. The van der Waals surface area contributed by atoms with Gasteiger partial charge >= 0.3 is 0 Å². The molecular weight excluding hydrogens is 367 g/mol. The Morgan fingerprint density at radius 1 is 1.30 bits per heavy atom. The first kappa shape index (κ1) is 19.1. The maximum absolute atomic E-state index is 13.8. The van der Waals surface area contributed by atoms with Gasteiger partial charge in [0.05, 0.1) is 29.8 Å². The molecular formula is C19H20ClFN6. The van der Waals surface area contributed by atoms with Gasteiger partial charge in [-0.1, -0.05) is 6.07 Å². The topological polar surface area (TPSA) is 64.3 Å². The van der Waals surface area contributed by atoms with E-state index in [0.717, 1.165) is 48.6 Å². The fraction of sp³-hybridized carbons (Fsp3) is 0.316. The summed E-state index contributed by atoms with van der Waals surface area (Å²) < 4.78 is 15.8. The van der Waals surface area contributed by atoms with Crippen LogP contribution in [0.25, 0.3) is 15.9 Å². The highest BCUT2D eigenvalue weighted by Crippen LogP contribution is 2.27. The number of nitrogens with two attached hydrogens (primary N) is 1. The van der Waals surface area contributed by atoms with Crippen LogP contribution in [0.1, 0.15) is 18.5 Å². The second kappa shape index (κ2) is 7.91. The first-order valence-electron chi connectivity index (χ1n) is 8.63. The highest BCUT2D eigenvalue weighted by molar-refractivity contribution is 5.85. The number of hydrogen-bond donors (Lipinski definition) is 1. The van der Waals surface area contributed by atoms with E-state index in [1.54, 1.807) is 18.3 Å². The fourth-order valence-corrected chi connectivity index (χ4v) is 3.41. The van der Waals surface area contributed by atoms with Gasteiger partial charge in [-0.2, -0.15) is 0 Å². The van der Waals surface area contributed by atoms with Crippen molar-refractivity contribution >= 4 is 35.1 Å². The molecule has 0 amide bonds. The Morgan fingerprint density at radius 3 is 2.85 bits per heavy atom. The molecule has 1 atom stereocenters. The zero-order valence-electron chi connectivity index (χ0n) is 14.7. The fourth-order valence-electron chi connectivity index (χ4n) is 3.41. The number of rotatable bonds is 3. The lowest BCUT2D eigenvalue weighted by Gasteiger charge is -2.32. The third-order valence-corrected chi connectivity index (χ3v) is 4.69. The number of halogens is 2. The zero-order valence-corrected chi connectivity index (χ0v) is 15.5. The van der Waals surface area contributed by atoms with Gasteiger partial charge in [-0.05, 0) is 37.1 Å². The van der Waals surface area contributed by atoms with E-state index in [0.29, 0.717) is 12.2 Å². The standard InChI is InChI=1S/C19H19FN6.ClH/c1-22-15-5-6-16(23-10-15)12-26-18-9-13(20)4-7-17(18)24-19(26)25-8-2-3-14(21)11-25;/h4-7,9-10,14H,2-3,8,11-12,21H2;1H/t14-;/m0./s1. The van der Waals surface area contributed by atoms with Gasteiger partial charge in [0.2, 0.25) is 11.6 Å². The molecule has 3 aromatic rings. The maximum Gasteiger partial charge on any atom is 0.206 e. The van der Waals surface area contributed by atoms with Crippen LogP contribution in [0.4, 0.5) is 16.0 Å². The number of aromatic nitrogens is 3. The predicted octanol–water partition coefficient (Wildman–Crippen LogP) is 3.52. The van der Waals surface area contributed by atoms with Crippen molar-refractivity contribution in [1.29, 1.82) is 0 Å². The lowest BCUT2D eigenvalue weighted by molar-refractivity contribution is 0.495. The second-order valence-electron chi connectivity index (χ2n) is 6.60. The van der Waals surface area contributed by atoms with Crippen LogP contribution in [0.5, 0.6) is 0 Å². The molecule has 0 aliphatic carbocycles. The molecule has 0 unspecified atom stereocenters. The number of nitrogens with zero attached hydrogens (tertiary/aromatic N) is 5. The molecule has 1 aliphatic rings. The van der Waals surface area contributed by atoms with Crippen molar-refractivity contribution in [3.05, 3.63) is 59.5 Å². The smallest absolute Gasteiger partial charge is 0.206 e. The van der Waals surface area contributed by atoms with Crippen molar-refractivity contribution in [3.8, 4) is 0 Å². The molecule has 2 aromatic heterocycles. The van der Waals surface area contributed by atoms with Gasteiger partial charge in [-0.3, -0.25) is 4.98 Å². The SMILES string of the molecule is Cl.[C-]#[N+]c1ccc(Cn2c(N3CCC[C@H](N)C3)nc3ccc(F)cc32)nc1. The molecule has 27 heavy (non-hydrogen) atoms. The van der Waals surface area contributed by atoms with Crippen LogP contribution in [-0.2, 0) is 6.54 Å². The monoisotopic (exact) mass is 386 g/mol. The van der Waals surface area contributed by atoms with Crippen LogP contribution < -0.4 is 10.6 Å². The van der Waals surface area contributed by atoms with E-state index in [-0.39, 0.29) is 24.3 Å². The number of piperidine rings is 1. The van der Waals surface area contributed by atoms with E-state index >= 15 is 0 Å². The van der Waals surface area contributed by atoms with Gasteiger partial charge in [0.1, 0.15) is 5.82 Å². The molecule has 4 rings (SSSR count). The van der Waals surface area contributed by atoms with Gasteiger partial charge in [0, 0.05) is 25.3 Å². The summed E-state index contributed by atoms with van der Waals surface area (Å²) in [5, 5.41) is 0. The number of fused-ring (bicyclic) bond motifs is 1. The summed E-state index contributed by atoms with van der Waals surface area (Å²) in [7, 11) is 0. The second-order valence-corrected chi connectivity index (χ2v) is 6.60. The summed E-state index contributed by atoms with van der Waals surface area (Å²) in [6.45, 7) is 9.11. The molecule has 1 fully saturated rings. The van der Waals surface area contributed by atoms with E-state index in [1.807, 2.05) is 10.6 Å². The molecule has 2 N–H and O–H groups in total. The summed E-state index contributed by atoms with van der Waals surface area (Å²) >= 11 is 0. The van der Waals surface area contributed by atoms with Gasteiger partial charge in [-0.15, -0.1) is 12.4 Å². The van der Waals surface area contributed by atoms with Crippen molar-refractivity contribution in [2.24, 2.45) is 5.73 Å². The molecule has 0 bridgehead atoms. The third-order valence-electron chi connectivity index (χ3n) is 4.69. The first-order valence-corrected chi connectivity index (χ1v) is 8.63. The van der Waals surface area contributed by atoms with E-state index in [1.165, 1.54) is 12.1 Å². The van der Waals surface area contributed by atoms with Crippen molar-refractivity contribution in [1.82, 2.24) is 14.5 Å². The summed E-state index contributed by atoms with van der Waals surface area (Å²) in [4.78, 5) is 14.6. The number of benzene rings is 1. The number of hydrogen-bond acceptors (Lipinski definition) is 4. The van der Waals surface area contributed by atoms with Crippen LogP contribution >= 0.6 is 12.4 Å². The molecule has 1 aromatic carbocycles. The molecule has 140 valence electrons. The summed E-state index contributed by atoms with van der Waals surface area (Å²) in [6, 6.07) is 8.31. The van der Waals surface area contributed by atoms with Gasteiger partial charge in [0.25, 0.3) is 0 Å². The van der Waals surface area contributed by atoms with Crippen molar-refractivity contribution in [2.45, 2.75) is 25.4 Å². The van der Waals surface area contributed by atoms with Gasteiger partial charge in [0.15, 0.2) is 0 Å². The molecule has 8 heteroatoms. The van der Waals surface area contributed by atoms with Crippen LogP contribution in [0.15, 0.2) is 36.5 Å². The molecule has 1 saturated heterocycles. The first-order chi connectivity index (χ1) is 12.6. The Hall–Kier alpha value is -2.69. The van der Waals surface area contributed by atoms with Crippen molar-refractivity contribution in [3.63, 3.8) is 0 Å². The predicted molar refractivity (Wildman–Crippen MR) is 106 cm³/mol. The Bertz CT molecular complexity index is 978. The van der Waals surface area contributed by atoms with Gasteiger partial charge in [-0.25, -0.2) is 14.2 Å². The molecule has 0 spiro atoms. The molecule has 1 aliphatic heterocycles. The highest BCUT2D eigenvalue weighted by atomic mass is 35.5. The Labute approximate surface area is 163 Å². The number of anilines is 1. The molecule has 3 heterocycles. The minimum Gasteiger partial charge on any atom is -0.341 e. The maximum atomic E-state index is 13.8. The van der Waals surface area contributed by atoms with Crippen LogP contribution in [0.3, 0.4) is 0 Å². The average Bonchev–Trinajstić information content (AvgIpc) is 3.00. The zero-order chi connectivity index (χ0) is 18.1. The van der Waals surface area contributed by atoms with Crippen LogP contribution in [0.2, 0.25) is 0 Å². The largest absolute Gasteiger partial charge is 0.341 e. The lowest BCUT2D eigenvalue weighted by atomic mass is 10.1. The Morgan fingerprint density at radius 2 is 2.15 bits per heavy atom. The van der Waals surface area contributed by atoms with E-state index in [2.05, 4.69) is 14.7 Å². The van der Waals surface area contributed by atoms with Crippen LogP contribution in [0, 0.1) is 12.4 Å². The lowest BCUT2D eigenvalue weighted by Crippen LogP contribution is -2.44. The minimum absolute atomic E-state index is 0. The van der Waals surface area contributed by atoms with E-state index in [9.17, 15) is 4.39 Å². The summed E-state index contributed by atoms with van der Waals surface area (Å²) in [6.07, 6.45) is 3.57. The van der Waals surface area contributed by atoms with Gasteiger partial charge < -0.3 is 15.2 Å². The normalized spacial score (nSPS) is 16.8. The van der Waals surface area contributed by atoms with Crippen LogP contribution in [-0.4, -0.2) is 33.7 Å². The number of pyridine rings is 1. The molecule has 0 saturated carbocycles. The Balaban J connectivity index is 0.00000210. The van der Waals surface area contributed by atoms with E-state index in [4.69, 9.17) is 17.3 Å². The quantitative estimate of drug-likeness (QED) is 0.699. The van der Waals surface area contributed by atoms with Crippen molar-refractivity contribution < 1.29 is 4.39 Å². The number of imidazole rings is 1. The average molecular weight is 387 g/mol. The van der Waals surface area contributed by atoms with E-state index < -0.39 is 0 Å². The molecule has 0 radical (unpaired) electrons. The highest BCUT2D eigenvalue weighted by Gasteiger charge is 2.23. The molecule has 6 nitrogen and oxygen atoms in total. The minimum atomic E-state index is -0.295. The summed E-state index contributed by atoms with van der Waals surface area (Å²) in [5.74, 6) is 0.494. The van der Waals surface area contributed by atoms with Crippen molar-refractivity contribution in [2.75, 3.05) is 18.0 Å². The summed E-state index contributed by atoms with van der Waals surface area (Å²) in [5.41, 5.74) is 8.91.